The van der Waals surface area contributed by atoms with Crippen LogP contribution in [0.15, 0.2) is 85.2 Å². The smallest absolute Gasteiger partial charge is 0.259 e. The van der Waals surface area contributed by atoms with Crippen molar-refractivity contribution in [2.45, 2.75) is 20.4 Å². The molecule has 0 radical (unpaired) electrons. The molecule has 0 aliphatic heterocycles. The van der Waals surface area contributed by atoms with Crippen LogP contribution < -0.4 is 0 Å². The monoisotopic (exact) mass is 384 g/mol. The first-order chi connectivity index (χ1) is 14.2. The highest BCUT2D eigenvalue weighted by Crippen LogP contribution is 2.25. The Balaban J connectivity index is 1.80. The fourth-order valence-electron chi connectivity index (χ4n) is 3.52. The molecule has 0 unspecified atom stereocenters. The lowest BCUT2D eigenvalue weighted by Gasteiger charge is -2.22. The molecule has 2 aromatic heterocycles. The molecular weight excluding hydrogens is 360 g/mol. The molecule has 2 heterocycles. The zero-order valence-electron chi connectivity index (χ0n) is 16.7. The molecule has 0 N–H and O–H groups in total. The second-order valence-corrected chi connectivity index (χ2v) is 6.93. The summed E-state index contributed by atoms with van der Waals surface area (Å²) < 4.78 is 3.80. The number of aromatic nitrogens is 3. The first-order valence-electron chi connectivity index (χ1n) is 9.80. The Labute approximate surface area is 170 Å². The number of aryl methyl sites for hydroxylation is 1. The summed E-state index contributed by atoms with van der Waals surface area (Å²) in [5.41, 5.74) is 3.37. The van der Waals surface area contributed by atoms with Crippen LogP contribution in [0.2, 0.25) is 0 Å². The van der Waals surface area contributed by atoms with Crippen LogP contribution in [0.1, 0.15) is 28.5 Å². The van der Waals surface area contributed by atoms with E-state index in [1.807, 2.05) is 113 Å². The van der Waals surface area contributed by atoms with Gasteiger partial charge in [-0.15, -0.1) is 0 Å². The summed E-state index contributed by atoms with van der Waals surface area (Å²) in [5, 5.41) is 4.73. The van der Waals surface area contributed by atoms with Crippen LogP contribution in [0.3, 0.4) is 0 Å². The molecule has 4 aromatic rings. The van der Waals surface area contributed by atoms with Gasteiger partial charge in [-0.05, 0) is 43.7 Å². The van der Waals surface area contributed by atoms with Gasteiger partial charge in [-0.2, -0.15) is 5.10 Å². The number of nitrogens with zero attached hydrogens (tertiary/aromatic N) is 4. The van der Waals surface area contributed by atoms with E-state index in [1.54, 1.807) is 0 Å². The molecule has 0 saturated heterocycles. The number of carbonyl (C=O) groups excluding carboxylic acids is 1. The summed E-state index contributed by atoms with van der Waals surface area (Å²) in [5.74, 6) is 0.745. The predicted octanol–water partition coefficient (Wildman–Crippen LogP) is 4.63. The largest absolute Gasteiger partial charge is 0.334 e. The number of rotatable bonds is 6. The van der Waals surface area contributed by atoms with Crippen molar-refractivity contribution < 1.29 is 4.79 Å². The van der Waals surface area contributed by atoms with Gasteiger partial charge < -0.3 is 9.47 Å². The van der Waals surface area contributed by atoms with Crippen molar-refractivity contribution in [1.29, 1.82) is 0 Å². The van der Waals surface area contributed by atoms with Crippen molar-refractivity contribution in [2.24, 2.45) is 0 Å². The Bertz CT molecular complexity index is 1080. The highest BCUT2D eigenvalue weighted by atomic mass is 16.2. The maximum atomic E-state index is 13.6. The quantitative estimate of drug-likeness (QED) is 0.486. The van der Waals surface area contributed by atoms with E-state index in [9.17, 15) is 4.79 Å². The van der Waals surface area contributed by atoms with Gasteiger partial charge in [0.05, 0.1) is 11.4 Å². The Morgan fingerprint density at radius 2 is 1.55 bits per heavy atom. The van der Waals surface area contributed by atoms with E-state index in [1.165, 1.54) is 0 Å². The molecule has 0 aliphatic rings. The number of amides is 1. The molecule has 0 fully saturated rings. The van der Waals surface area contributed by atoms with Gasteiger partial charge in [0.15, 0.2) is 5.82 Å². The zero-order chi connectivity index (χ0) is 20.2. The third-order valence-electron chi connectivity index (χ3n) is 4.98. The average Bonchev–Trinajstić information content (AvgIpc) is 3.40. The fourth-order valence-corrected chi connectivity index (χ4v) is 3.52. The molecule has 0 aliphatic carbocycles. The van der Waals surface area contributed by atoms with Crippen molar-refractivity contribution >= 4 is 5.91 Å². The van der Waals surface area contributed by atoms with E-state index < -0.39 is 0 Å². The summed E-state index contributed by atoms with van der Waals surface area (Å²) in [6.07, 6.45) is 3.89. The van der Waals surface area contributed by atoms with Crippen molar-refractivity contribution in [3.8, 4) is 11.5 Å². The van der Waals surface area contributed by atoms with Crippen molar-refractivity contribution in [3.63, 3.8) is 0 Å². The lowest BCUT2D eigenvalue weighted by atomic mass is 10.1. The summed E-state index contributed by atoms with van der Waals surface area (Å²) in [4.78, 5) is 15.5. The predicted molar refractivity (Wildman–Crippen MR) is 114 cm³/mol. The Kier molecular flexibility index (Phi) is 5.29. The minimum Gasteiger partial charge on any atom is -0.334 e. The van der Waals surface area contributed by atoms with Crippen LogP contribution in [0.25, 0.3) is 11.5 Å². The molecule has 5 heteroatoms. The van der Waals surface area contributed by atoms with Gasteiger partial charge in [0, 0.05) is 25.5 Å². The average molecular weight is 384 g/mol. The lowest BCUT2D eigenvalue weighted by molar-refractivity contribution is 0.0752. The third kappa shape index (κ3) is 3.72. The van der Waals surface area contributed by atoms with Gasteiger partial charge in [-0.25, -0.2) is 4.68 Å². The normalized spacial score (nSPS) is 10.8. The molecule has 5 nitrogen and oxygen atoms in total. The van der Waals surface area contributed by atoms with E-state index >= 15 is 0 Å². The maximum Gasteiger partial charge on any atom is 0.259 e. The van der Waals surface area contributed by atoms with Crippen molar-refractivity contribution in [2.75, 3.05) is 6.54 Å². The lowest BCUT2D eigenvalue weighted by Crippen LogP contribution is -2.31. The number of carbonyl (C=O) groups is 1. The highest BCUT2D eigenvalue weighted by Gasteiger charge is 2.27. The fraction of sp³-hybridized carbons (Fsp3) is 0.167. The van der Waals surface area contributed by atoms with Gasteiger partial charge in [-0.1, -0.05) is 48.5 Å². The van der Waals surface area contributed by atoms with Gasteiger partial charge in [-0.3, -0.25) is 4.79 Å². The molecule has 0 bridgehead atoms. The van der Waals surface area contributed by atoms with Gasteiger partial charge >= 0.3 is 0 Å². The highest BCUT2D eigenvalue weighted by molar-refractivity contribution is 5.98. The van der Waals surface area contributed by atoms with Gasteiger partial charge in [0.1, 0.15) is 5.56 Å². The van der Waals surface area contributed by atoms with Crippen LogP contribution in [-0.4, -0.2) is 31.7 Å². The Hall–Kier alpha value is -3.60. The minimum atomic E-state index is -0.0141. The van der Waals surface area contributed by atoms with Gasteiger partial charge in [0.2, 0.25) is 0 Å². The van der Waals surface area contributed by atoms with Crippen LogP contribution in [0.5, 0.6) is 0 Å². The Morgan fingerprint density at radius 1 is 0.931 bits per heavy atom. The van der Waals surface area contributed by atoms with Gasteiger partial charge in [0.25, 0.3) is 5.91 Å². The summed E-state index contributed by atoms with van der Waals surface area (Å²) in [7, 11) is 0. The zero-order valence-corrected chi connectivity index (χ0v) is 16.7. The Morgan fingerprint density at radius 3 is 2.17 bits per heavy atom. The number of hydrogen-bond donors (Lipinski definition) is 0. The molecule has 146 valence electrons. The third-order valence-corrected chi connectivity index (χ3v) is 4.98. The second kappa shape index (κ2) is 8.19. The number of para-hydroxylation sites is 1. The van der Waals surface area contributed by atoms with Crippen LogP contribution in [0.4, 0.5) is 0 Å². The second-order valence-electron chi connectivity index (χ2n) is 6.93. The first kappa shape index (κ1) is 18.7. The molecule has 29 heavy (non-hydrogen) atoms. The van der Waals surface area contributed by atoms with E-state index in [4.69, 9.17) is 5.10 Å². The molecule has 0 atom stereocenters. The molecular formula is C24H24N4O. The first-order valence-corrected chi connectivity index (χ1v) is 9.80. The molecule has 0 saturated carbocycles. The maximum absolute atomic E-state index is 13.6. The minimum absolute atomic E-state index is 0.0141. The molecule has 1 amide bonds. The molecule has 4 rings (SSSR count). The van der Waals surface area contributed by atoms with Crippen LogP contribution in [0, 0.1) is 6.92 Å². The van der Waals surface area contributed by atoms with E-state index in [-0.39, 0.29) is 5.91 Å². The molecule has 0 spiro atoms. The number of benzene rings is 2. The van der Waals surface area contributed by atoms with E-state index in [2.05, 4.69) is 0 Å². The standard InChI is InChI=1S/C24H24N4O/c1-3-26(18-20-12-6-4-7-13-20)24(29)22-19(2)25-28(21-14-8-5-9-15-21)23(22)27-16-10-11-17-27/h4-17H,3,18H2,1-2H3. The summed E-state index contributed by atoms with van der Waals surface area (Å²) in [6.45, 7) is 5.09. The van der Waals surface area contributed by atoms with Crippen LogP contribution >= 0.6 is 0 Å². The summed E-state index contributed by atoms with van der Waals surface area (Å²) >= 11 is 0. The van der Waals surface area contributed by atoms with Crippen molar-refractivity contribution in [1.82, 2.24) is 19.2 Å². The van der Waals surface area contributed by atoms with Crippen LogP contribution in [-0.2, 0) is 6.54 Å². The number of hydrogen-bond acceptors (Lipinski definition) is 2. The van der Waals surface area contributed by atoms with E-state index in [0.717, 1.165) is 17.1 Å². The SMILES string of the molecule is CCN(Cc1ccccc1)C(=O)c1c(C)nn(-c2ccccc2)c1-n1cccc1. The topological polar surface area (TPSA) is 43.1 Å². The van der Waals surface area contributed by atoms with E-state index in [0.29, 0.717) is 24.3 Å². The van der Waals surface area contributed by atoms with Crippen molar-refractivity contribution in [3.05, 3.63) is 102 Å². The summed E-state index contributed by atoms with van der Waals surface area (Å²) in [6, 6.07) is 23.9. The molecule has 2 aromatic carbocycles.